The van der Waals surface area contributed by atoms with Crippen LogP contribution in [0.2, 0.25) is 0 Å². The summed E-state index contributed by atoms with van der Waals surface area (Å²) in [6.07, 6.45) is 1.44. The van der Waals surface area contributed by atoms with Crippen molar-refractivity contribution in [3.8, 4) is 0 Å². The molecule has 15 heavy (non-hydrogen) atoms. The van der Waals surface area contributed by atoms with Crippen molar-refractivity contribution in [2.45, 2.75) is 19.3 Å². The maximum Gasteiger partial charge on any atom is 0.317 e. The molecular formula is C10H14O5. The van der Waals surface area contributed by atoms with Crippen LogP contribution in [0.4, 0.5) is 0 Å². The predicted octanol–water partition coefficient (Wildman–Crippen LogP) is 0.318. The summed E-state index contributed by atoms with van der Waals surface area (Å²) >= 11 is 0. The highest BCUT2D eigenvalue weighted by Crippen LogP contribution is 2.29. The summed E-state index contributed by atoms with van der Waals surface area (Å²) in [5.41, 5.74) is 0. The Kier molecular flexibility index (Phi) is 3.82. The van der Waals surface area contributed by atoms with Gasteiger partial charge in [0, 0.05) is 6.42 Å². The molecule has 0 bridgehead atoms. The van der Waals surface area contributed by atoms with E-state index >= 15 is 0 Å². The van der Waals surface area contributed by atoms with Crippen molar-refractivity contribution in [3.05, 3.63) is 0 Å². The first-order valence-electron chi connectivity index (χ1n) is 4.80. The summed E-state index contributed by atoms with van der Waals surface area (Å²) < 4.78 is 9.08. The quantitative estimate of drug-likeness (QED) is 0.489. The minimum atomic E-state index is -0.976. The number of hydrogen-bond acceptors (Lipinski definition) is 5. The van der Waals surface area contributed by atoms with Gasteiger partial charge in [0.05, 0.1) is 20.1 Å². The predicted molar refractivity (Wildman–Crippen MR) is 49.9 cm³/mol. The molecule has 0 heterocycles. The summed E-state index contributed by atoms with van der Waals surface area (Å²) in [5.74, 6) is -3.04. The van der Waals surface area contributed by atoms with Gasteiger partial charge in [0.1, 0.15) is 11.7 Å². The van der Waals surface area contributed by atoms with E-state index < -0.39 is 23.8 Å². The van der Waals surface area contributed by atoms with Crippen LogP contribution in [-0.4, -0.2) is 31.9 Å². The number of ether oxygens (including phenoxy) is 2. The fourth-order valence-corrected chi connectivity index (χ4v) is 1.87. The van der Waals surface area contributed by atoms with Gasteiger partial charge in [-0.1, -0.05) is 0 Å². The fraction of sp³-hybridized carbons (Fsp3) is 0.700. The molecule has 1 aliphatic carbocycles. The number of esters is 2. The molecule has 1 fully saturated rings. The van der Waals surface area contributed by atoms with Crippen molar-refractivity contribution in [1.82, 2.24) is 0 Å². The van der Waals surface area contributed by atoms with Gasteiger partial charge in [0.15, 0.2) is 0 Å². The Morgan fingerprint density at radius 3 is 2.33 bits per heavy atom. The van der Waals surface area contributed by atoms with Gasteiger partial charge in [-0.25, -0.2) is 0 Å². The Morgan fingerprint density at radius 2 is 1.80 bits per heavy atom. The first-order chi connectivity index (χ1) is 7.11. The molecular weight excluding hydrogens is 200 g/mol. The van der Waals surface area contributed by atoms with Gasteiger partial charge in [-0.2, -0.15) is 0 Å². The lowest BCUT2D eigenvalue weighted by molar-refractivity contribution is -0.162. The van der Waals surface area contributed by atoms with Crippen molar-refractivity contribution in [3.63, 3.8) is 0 Å². The summed E-state index contributed by atoms with van der Waals surface area (Å²) in [5, 5.41) is 0. The number of methoxy groups -OCH3 is 2. The molecule has 0 aliphatic heterocycles. The third-order valence-corrected chi connectivity index (χ3v) is 2.65. The summed E-state index contributed by atoms with van der Waals surface area (Å²) in [6.45, 7) is 0. The van der Waals surface area contributed by atoms with E-state index in [1.807, 2.05) is 0 Å². The van der Waals surface area contributed by atoms with Gasteiger partial charge in [-0.15, -0.1) is 0 Å². The molecule has 0 radical (unpaired) electrons. The Morgan fingerprint density at radius 1 is 1.20 bits per heavy atom. The topological polar surface area (TPSA) is 69.7 Å². The van der Waals surface area contributed by atoms with Crippen LogP contribution in [0.3, 0.4) is 0 Å². The van der Waals surface area contributed by atoms with Crippen molar-refractivity contribution < 1.29 is 23.9 Å². The fourth-order valence-electron chi connectivity index (χ4n) is 1.87. The van der Waals surface area contributed by atoms with Gasteiger partial charge in [-0.3, -0.25) is 14.4 Å². The molecule has 0 unspecified atom stereocenters. The highest BCUT2D eigenvalue weighted by Gasteiger charge is 2.42. The van der Waals surface area contributed by atoms with Crippen molar-refractivity contribution in [2.75, 3.05) is 14.2 Å². The first kappa shape index (κ1) is 11.7. The molecule has 2 atom stereocenters. The highest BCUT2D eigenvalue weighted by atomic mass is 16.5. The standard InChI is InChI=1S/C10H14O5/c1-14-9(12)6-4-3-5-7(11)8(6)10(13)15-2/h6,8H,3-5H2,1-2H3/t6-,8-/m1/s1. The maximum absolute atomic E-state index is 11.5. The van der Waals surface area contributed by atoms with Crippen LogP contribution in [0.25, 0.3) is 0 Å². The number of carbonyl (C=O) groups excluding carboxylic acids is 3. The molecule has 5 heteroatoms. The Hall–Kier alpha value is -1.39. The van der Waals surface area contributed by atoms with E-state index in [0.717, 1.165) is 0 Å². The Bertz CT molecular complexity index is 276. The number of ketones is 1. The average molecular weight is 214 g/mol. The third kappa shape index (κ3) is 2.34. The second kappa shape index (κ2) is 4.91. The minimum Gasteiger partial charge on any atom is -0.469 e. The smallest absolute Gasteiger partial charge is 0.317 e. The van der Waals surface area contributed by atoms with Crippen molar-refractivity contribution >= 4 is 17.7 Å². The van der Waals surface area contributed by atoms with Crippen LogP contribution >= 0.6 is 0 Å². The van der Waals surface area contributed by atoms with Crippen LogP contribution in [-0.2, 0) is 23.9 Å². The van der Waals surface area contributed by atoms with E-state index in [2.05, 4.69) is 9.47 Å². The normalized spacial score (nSPS) is 25.9. The Labute approximate surface area is 87.7 Å². The zero-order valence-electron chi connectivity index (χ0n) is 8.82. The van der Waals surface area contributed by atoms with Crippen LogP contribution < -0.4 is 0 Å². The van der Waals surface area contributed by atoms with Gasteiger partial charge in [-0.05, 0) is 12.8 Å². The van der Waals surface area contributed by atoms with E-state index in [9.17, 15) is 14.4 Å². The second-order valence-electron chi connectivity index (χ2n) is 3.49. The molecule has 1 rings (SSSR count). The summed E-state index contributed by atoms with van der Waals surface area (Å²) in [4.78, 5) is 34.2. The van der Waals surface area contributed by atoms with Gasteiger partial charge < -0.3 is 9.47 Å². The van der Waals surface area contributed by atoms with Crippen LogP contribution in [0.5, 0.6) is 0 Å². The van der Waals surface area contributed by atoms with Gasteiger partial charge >= 0.3 is 11.9 Å². The largest absolute Gasteiger partial charge is 0.469 e. The summed E-state index contributed by atoms with van der Waals surface area (Å²) in [6, 6.07) is 0. The van der Waals surface area contributed by atoms with Crippen molar-refractivity contribution in [1.29, 1.82) is 0 Å². The van der Waals surface area contributed by atoms with Crippen LogP contribution in [0.15, 0.2) is 0 Å². The van der Waals surface area contributed by atoms with Gasteiger partial charge in [0.2, 0.25) is 0 Å². The number of hydrogen-bond donors (Lipinski definition) is 0. The maximum atomic E-state index is 11.5. The molecule has 0 spiro atoms. The van der Waals surface area contributed by atoms with E-state index in [4.69, 9.17) is 0 Å². The number of rotatable bonds is 2. The number of Topliss-reactive ketones (excluding diaryl/α,β-unsaturated/α-hetero) is 1. The van der Waals surface area contributed by atoms with Crippen LogP contribution in [0.1, 0.15) is 19.3 Å². The average Bonchev–Trinajstić information content (AvgIpc) is 2.26. The van der Waals surface area contributed by atoms with Gasteiger partial charge in [0.25, 0.3) is 0 Å². The zero-order valence-corrected chi connectivity index (χ0v) is 8.82. The molecule has 1 aliphatic rings. The van der Waals surface area contributed by atoms with Crippen molar-refractivity contribution in [2.24, 2.45) is 11.8 Å². The minimum absolute atomic E-state index is 0.233. The van der Waals surface area contributed by atoms with E-state index in [1.54, 1.807) is 0 Å². The van der Waals surface area contributed by atoms with E-state index in [1.165, 1.54) is 14.2 Å². The molecule has 0 amide bonds. The molecule has 0 N–H and O–H groups in total. The molecule has 5 nitrogen and oxygen atoms in total. The third-order valence-electron chi connectivity index (χ3n) is 2.65. The zero-order chi connectivity index (χ0) is 11.4. The molecule has 0 aromatic rings. The SMILES string of the molecule is COC(=O)[C@H]1C(=O)CCC[C@H]1C(=O)OC. The molecule has 0 saturated heterocycles. The number of carbonyl (C=O) groups is 3. The lowest BCUT2D eigenvalue weighted by atomic mass is 9.78. The van der Waals surface area contributed by atoms with E-state index in [0.29, 0.717) is 19.3 Å². The lowest BCUT2D eigenvalue weighted by Crippen LogP contribution is -2.40. The Balaban J connectivity index is 2.86. The monoisotopic (exact) mass is 214 g/mol. The molecule has 84 valence electrons. The molecule has 1 saturated carbocycles. The molecule has 0 aromatic carbocycles. The summed E-state index contributed by atoms with van der Waals surface area (Å²) in [7, 11) is 2.45. The second-order valence-corrected chi connectivity index (χ2v) is 3.49. The highest BCUT2D eigenvalue weighted by molar-refractivity contribution is 6.03. The lowest BCUT2D eigenvalue weighted by Gasteiger charge is -2.25. The first-order valence-corrected chi connectivity index (χ1v) is 4.80. The van der Waals surface area contributed by atoms with Crippen LogP contribution in [0, 0.1) is 11.8 Å². The molecule has 0 aromatic heterocycles. The van der Waals surface area contributed by atoms with E-state index in [-0.39, 0.29) is 5.78 Å².